The average Bonchev–Trinajstić information content (AvgIpc) is 2.87. The molecule has 0 aliphatic heterocycles. The van der Waals surface area contributed by atoms with Gasteiger partial charge in [-0.15, -0.1) is 5.10 Å². The molecule has 2 aromatic rings. The van der Waals surface area contributed by atoms with Crippen molar-refractivity contribution in [1.82, 2.24) is 20.3 Å². The average molecular weight is 286 g/mol. The normalized spacial score (nSPS) is 25.9. The summed E-state index contributed by atoms with van der Waals surface area (Å²) in [6.07, 6.45) is 3.54. The van der Waals surface area contributed by atoms with Crippen LogP contribution in [0.5, 0.6) is 0 Å². The molecule has 0 saturated heterocycles. The smallest absolute Gasteiger partial charge is 0.242 e. The van der Waals surface area contributed by atoms with Gasteiger partial charge in [-0.2, -0.15) is 0 Å². The molecule has 0 bridgehead atoms. The van der Waals surface area contributed by atoms with Crippen molar-refractivity contribution in [2.24, 2.45) is 11.8 Å². The fourth-order valence-electron chi connectivity index (χ4n) is 3.21. The minimum atomic E-state index is 0.0246. The van der Waals surface area contributed by atoms with Gasteiger partial charge in [0.05, 0.1) is 5.52 Å². The van der Waals surface area contributed by atoms with E-state index in [0.717, 1.165) is 17.5 Å². The molecular weight excluding hydrogens is 264 g/mol. The molecular formula is C16H22N4O. The molecule has 3 atom stereocenters. The quantitative estimate of drug-likeness (QED) is 0.942. The van der Waals surface area contributed by atoms with E-state index < -0.39 is 0 Å². The van der Waals surface area contributed by atoms with E-state index in [1.807, 2.05) is 24.3 Å². The Labute approximate surface area is 124 Å². The van der Waals surface area contributed by atoms with Gasteiger partial charge >= 0.3 is 0 Å². The van der Waals surface area contributed by atoms with Crippen LogP contribution in [-0.4, -0.2) is 26.9 Å². The molecule has 0 radical (unpaired) electrons. The Kier molecular flexibility index (Phi) is 3.90. The van der Waals surface area contributed by atoms with E-state index in [9.17, 15) is 4.79 Å². The van der Waals surface area contributed by atoms with Crippen LogP contribution in [0.25, 0.3) is 11.0 Å². The third kappa shape index (κ3) is 2.91. The predicted molar refractivity (Wildman–Crippen MR) is 81.6 cm³/mol. The number of hydrogen-bond donors (Lipinski definition) is 1. The number of hydrogen-bond acceptors (Lipinski definition) is 3. The highest BCUT2D eigenvalue weighted by Gasteiger charge is 2.28. The number of nitrogens with one attached hydrogen (secondary N) is 1. The topological polar surface area (TPSA) is 59.8 Å². The third-order valence-electron chi connectivity index (χ3n) is 4.77. The van der Waals surface area contributed by atoms with E-state index in [1.54, 1.807) is 4.68 Å². The zero-order chi connectivity index (χ0) is 14.8. The highest BCUT2D eigenvalue weighted by molar-refractivity contribution is 5.79. The summed E-state index contributed by atoms with van der Waals surface area (Å²) in [6.45, 7) is 4.74. The summed E-state index contributed by atoms with van der Waals surface area (Å²) < 4.78 is 1.67. The highest BCUT2D eigenvalue weighted by Crippen LogP contribution is 2.29. The molecule has 3 rings (SSSR count). The maximum atomic E-state index is 12.3. The third-order valence-corrected chi connectivity index (χ3v) is 4.77. The SMILES string of the molecule is C[C@@H]1[C@H](C)CCC[C@@H]1NC(=O)Cn1nnc2ccccc21. The van der Waals surface area contributed by atoms with Crippen molar-refractivity contribution in [1.29, 1.82) is 0 Å². The summed E-state index contributed by atoms with van der Waals surface area (Å²) in [6, 6.07) is 7.99. The number of rotatable bonds is 3. The van der Waals surface area contributed by atoms with Gasteiger partial charge in [0.15, 0.2) is 0 Å². The molecule has 0 unspecified atom stereocenters. The summed E-state index contributed by atoms with van der Waals surface area (Å²) >= 11 is 0. The Morgan fingerprint density at radius 3 is 3.00 bits per heavy atom. The minimum absolute atomic E-state index is 0.0246. The lowest BCUT2D eigenvalue weighted by Gasteiger charge is -2.34. The molecule has 1 fully saturated rings. The number of amides is 1. The number of aromatic nitrogens is 3. The second-order valence-corrected chi connectivity index (χ2v) is 6.18. The lowest BCUT2D eigenvalue weighted by molar-refractivity contribution is -0.123. The molecule has 112 valence electrons. The van der Waals surface area contributed by atoms with E-state index in [2.05, 4.69) is 29.5 Å². The Bertz CT molecular complexity index is 636. The number of carbonyl (C=O) groups excluding carboxylic acids is 1. The van der Waals surface area contributed by atoms with E-state index in [1.165, 1.54) is 12.8 Å². The van der Waals surface area contributed by atoms with Gasteiger partial charge in [-0.25, -0.2) is 4.68 Å². The predicted octanol–water partition coefficient (Wildman–Crippen LogP) is 2.37. The second-order valence-electron chi connectivity index (χ2n) is 6.18. The summed E-state index contributed by atoms with van der Waals surface area (Å²) in [7, 11) is 0. The number of fused-ring (bicyclic) bond motifs is 1. The van der Waals surface area contributed by atoms with Crippen LogP contribution in [0, 0.1) is 11.8 Å². The summed E-state index contributed by atoms with van der Waals surface area (Å²) in [5, 5.41) is 11.3. The molecule has 21 heavy (non-hydrogen) atoms. The lowest BCUT2D eigenvalue weighted by Crippen LogP contribution is -2.44. The molecule has 1 aromatic carbocycles. The molecule has 1 aliphatic rings. The molecule has 5 nitrogen and oxygen atoms in total. The molecule has 1 aromatic heterocycles. The van der Waals surface area contributed by atoms with Gasteiger partial charge in [0, 0.05) is 6.04 Å². The van der Waals surface area contributed by atoms with Gasteiger partial charge in [0.1, 0.15) is 12.1 Å². The zero-order valence-electron chi connectivity index (χ0n) is 12.6. The van der Waals surface area contributed by atoms with Crippen molar-refractivity contribution in [2.75, 3.05) is 0 Å². The van der Waals surface area contributed by atoms with Gasteiger partial charge in [-0.1, -0.05) is 44.0 Å². The Morgan fingerprint density at radius 2 is 2.14 bits per heavy atom. The molecule has 5 heteroatoms. The first-order valence-corrected chi connectivity index (χ1v) is 7.73. The second kappa shape index (κ2) is 5.84. The monoisotopic (exact) mass is 286 g/mol. The van der Waals surface area contributed by atoms with Crippen molar-refractivity contribution >= 4 is 16.9 Å². The maximum absolute atomic E-state index is 12.3. The van der Waals surface area contributed by atoms with Crippen LogP contribution in [0.1, 0.15) is 33.1 Å². The first kappa shape index (κ1) is 14.0. The number of benzene rings is 1. The Balaban J connectivity index is 1.66. The van der Waals surface area contributed by atoms with Gasteiger partial charge in [-0.3, -0.25) is 4.79 Å². The minimum Gasteiger partial charge on any atom is -0.351 e. The zero-order valence-corrected chi connectivity index (χ0v) is 12.6. The first-order valence-electron chi connectivity index (χ1n) is 7.73. The largest absolute Gasteiger partial charge is 0.351 e. The molecule has 0 spiro atoms. The van der Waals surface area contributed by atoms with Crippen molar-refractivity contribution in [3.63, 3.8) is 0 Å². The van der Waals surface area contributed by atoms with Crippen LogP contribution >= 0.6 is 0 Å². The van der Waals surface area contributed by atoms with E-state index in [-0.39, 0.29) is 18.5 Å². The fraction of sp³-hybridized carbons (Fsp3) is 0.562. The summed E-state index contributed by atoms with van der Waals surface area (Å²) in [5.74, 6) is 1.24. The maximum Gasteiger partial charge on any atom is 0.242 e. The van der Waals surface area contributed by atoms with Crippen LogP contribution in [0.3, 0.4) is 0 Å². The van der Waals surface area contributed by atoms with Crippen LogP contribution < -0.4 is 5.32 Å². The molecule has 1 amide bonds. The first-order chi connectivity index (χ1) is 10.1. The van der Waals surface area contributed by atoms with Gasteiger partial charge < -0.3 is 5.32 Å². The van der Waals surface area contributed by atoms with Crippen LogP contribution in [0.2, 0.25) is 0 Å². The van der Waals surface area contributed by atoms with Gasteiger partial charge in [0.25, 0.3) is 0 Å². The van der Waals surface area contributed by atoms with Crippen molar-refractivity contribution in [2.45, 2.75) is 45.7 Å². The molecule has 1 heterocycles. The number of para-hydroxylation sites is 1. The van der Waals surface area contributed by atoms with E-state index >= 15 is 0 Å². The Morgan fingerprint density at radius 1 is 1.33 bits per heavy atom. The van der Waals surface area contributed by atoms with E-state index in [0.29, 0.717) is 11.8 Å². The number of carbonyl (C=O) groups is 1. The van der Waals surface area contributed by atoms with Gasteiger partial charge in [0.2, 0.25) is 5.91 Å². The summed E-state index contributed by atoms with van der Waals surface area (Å²) in [5.41, 5.74) is 1.72. The van der Waals surface area contributed by atoms with Crippen molar-refractivity contribution < 1.29 is 4.79 Å². The standard InChI is InChI=1S/C16H22N4O/c1-11-6-5-8-13(12(11)2)17-16(21)10-20-15-9-4-3-7-14(15)18-19-20/h3-4,7,9,11-13H,5-6,8,10H2,1-2H3,(H,17,21)/t11-,12-,13+/m1/s1. The van der Waals surface area contributed by atoms with Crippen LogP contribution in [0.4, 0.5) is 0 Å². The lowest BCUT2D eigenvalue weighted by atomic mass is 9.78. The molecule has 1 saturated carbocycles. The summed E-state index contributed by atoms with van der Waals surface area (Å²) in [4.78, 5) is 12.3. The van der Waals surface area contributed by atoms with Crippen molar-refractivity contribution in [3.05, 3.63) is 24.3 Å². The van der Waals surface area contributed by atoms with Crippen molar-refractivity contribution in [3.8, 4) is 0 Å². The fourth-order valence-corrected chi connectivity index (χ4v) is 3.21. The van der Waals surface area contributed by atoms with Crippen LogP contribution in [0.15, 0.2) is 24.3 Å². The molecule has 1 aliphatic carbocycles. The number of nitrogens with zero attached hydrogens (tertiary/aromatic N) is 3. The van der Waals surface area contributed by atoms with E-state index in [4.69, 9.17) is 0 Å². The van der Waals surface area contributed by atoms with Gasteiger partial charge in [-0.05, 0) is 30.4 Å². The van der Waals surface area contributed by atoms with Crippen LogP contribution in [-0.2, 0) is 11.3 Å². The molecule has 1 N–H and O–H groups in total. The highest BCUT2D eigenvalue weighted by atomic mass is 16.2. The Hall–Kier alpha value is -1.91.